The van der Waals surface area contributed by atoms with Gasteiger partial charge in [0.15, 0.2) is 0 Å². The molecule has 1 aliphatic heterocycles. The average Bonchev–Trinajstić information content (AvgIpc) is 3.17. The highest BCUT2D eigenvalue weighted by molar-refractivity contribution is 6.06. The van der Waals surface area contributed by atoms with Crippen molar-refractivity contribution in [1.82, 2.24) is 9.55 Å². The van der Waals surface area contributed by atoms with E-state index in [2.05, 4.69) is 10.6 Å². The molecule has 8 nitrogen and oxygen atoms in total. The molecule has 8 heteroatoms. The van der Waals surface area contributed by atoms with Crippen molar-refractivity contribution in [2.75, 3.05) is 10.6 Å². The maximum absolute atomic E-state index is 13.6. The Hall–Kier alpha value is -4.46. The zero-order valence-electron chi connectivity index (χ0n) is 18.1. The van der Waals surface area contributed by atoms with Gasteiger partial charge in [-0.1, -0.05) is 30.3 Å². The first kappa shape index (κ1) is 20.4. The van der Waals surface area contributed by atoms with Gasteiger partial charge in [-0.2, -0.15) is 0 Å². The summed E-state index contributed by atoms with van der Waals surface area (Å²) in [4.78, 5) is 29.1. The molecule has 1 aliphatic rings. The third-order valence-electron chi connectivity index (χ3n) is 5.89. The molecule has 0 unspecified atom stereocenters. The molecule has 1 atom stereocenters. The molecule has 4 aromatic rings. The van der Waals surface area contributed by atoms with Crippen molar-refractivity contribution < 1.29 is 9.72 Å². The van der Waals surface area contributed by atoms with E-state index < -0.39 is 11.0 Å². The molecule has 164 valence electrons. The first-order valence-electron chi connectivity index (χ1n) is 10.5. The molecular formula is C25H21N5O3. The fraction of sp³-hybridized carbons (Fsp3) is 0.120. The first-order chi connectivity index (χ1) is 15.9. The number of amides is 1. The normalized spacial score (nSPS) is 15.2. The number of carbonyl (C=O) groups is 1. The van der Waals surface area contributed by atoms with Crippen molar-refractivity contribution in [3.63, 3.8) is 0 Å². The van der Waals surface area contributed by atoms with Gasteiger partial charge in [0.1, 0.15) is 0 Å². The summed E-state index contributed by atoms with van der Waals surface area (Å²) < 4.78 is 1.97. The number of rotatable bonds is 4. The van der Waals surface area contributed by atoms with Crippen LogP contribution in [0.1, 0.15) is 24.1 Å². The molecule has 0 bridgehead atoms. The summed E-state index contributed by atoms with van der Waals surface area (Å²) in [5.74, 6) is 0.366. The Bertz CT molecular complexity index is 1440. The topological polar surface area (TPSA) is 102 Å². The fourth-order valence-corrected chi connectivity index (χ4v) is 4.25. The minimum atomic E-state index is -0.515. The fourth-order valence-electron chi connectivity index (χ4n) is 4.25. The number of aromatic nitrogens is 2. The largest absolute Gasteiger partial charge is 0.329 e. The summed E-state index contributed by atoms with van der Waals surface area (Å²) >= 11 is 0. The minimum absolute atomic E-state index is 0.00462. The summed E-state index contributed by atoms with van der Waals surface area (Å²) in [6.07, 6.45) is 0. The Morgan fingerprint density at radius 3 is 2.45 bits per heavy atom. The van der Waals surface area contributed by atoms with Gasteiger partial charge in [-0.3, -0.25) is 19.5 Å². The average molecular weight is 439 g/mol. The lowest BCUT2D eigenvalue weighted by Gasteiger charge is -2.30. The van der Waals surface area contributed by atoms with Crippen molar-refractivity contribution in [1.29, 1.82) is 0 Å². The van der Waals surface area contributed by atoms with E-state index in [-0.39, 0.29) is 11.6 Å². The number of imidazole rings is 1. The van der Waals surface area contributed by atoms with Gasteiger partial charge in [0.25, 0.3) is 11.6 Å². The number of non-ortho nitro benzene ring substituents is 1. The Kier molecular flexibility index (Phi) is 4.90. The summed E-state index contributed by atoms with van der Waals surface area (Å²) in [5, 5.41) is 17.5. The number of carbonyl (C=O) groups excluding carboxylic acids is 1. The van der Waals surface area contributed by atoms with Gasteiger partial charge in [-0.05, 0) is 55.3 Å². The molecule has 33 heavy (non-hydrogen) atoms. The molecule has 0 aliphatic carbocycles. The summed E-state index contributed by atoms with van der Waals surface area (Å²) in [7, 11) is 0. The van der Waals surface area contributed by atoms with Crippen LogP contribution in [-0.4, -0.2) is 20.4 Å². The molecular weight excluding hydrogens is 418 g/mol. The van der Waals surface area contributed by atoms with Crippen molar-refractivity contribution in [3.8, 4) is 0 Å². The summed E-state index contributed by atoms with van der Waals surface area (Å²) in [6, 6.07) is 21.1. The molecule has 0 fully saturated rings. The van der Waals surface area contributed by atoms with Crippen LogP contribution in [0.25, 0.3) is 11.0 Å². The van der Waals surface area contributed by atoms with Gasteiger partial charge in [-0.25, -0.2) is 4.98 Å². The molecule has 0 saturated carbocycles. The molecule has 0 spiro atoms. The third-order valence-corrected chi connectivity index (χ3v) is 5.89. The van der Waals surface area contributed by atoms with Crippen molar-refractivity contribution in [2.45, 2.75) is 19.9 Å². The maximum Gasteiger partial charge on any atom is 0.269 e. The molecule has 1 aromatic heterocycles. The Morgan fingerprint density at radius 1 is 1.03 bits per heavy atom. The van der Waals surface area contributed by atoms with Gasteiger partial charge in [0, 0.05) is 23.5 Å². The number of fused-ring (bicyclic) bond motifs is 3. The van der Waals surface area contributed by atoms with Crippen LogP contribution in [0.3, 0.4) is 0 Å². The van der Waals surface area contributed by atoms with Gasteiger partial charge in [-0.15, -0.1) is 0 Å². The van der Waals surface area contributed by atoms with Crippen LogP contribution in [0, 0.1) is 17.0 Å². The van der Waals surface area contributed by atoms with E-state index in [1.807, 2.05) is 66.9 Å². The zero-order valence-corrected chi connectivity index (χ0v) is 18.1. The van der Waals surface area contributed by atoms with Gasteiger partial charge >= 0.3 is 0 Å². The second-order valence-corrected chi connectivity index (χ2v) is 7.98. The lowest BCUT2D eigenvalue weighted by molar-refractivity contribution is -0.384. The number of nitro benzene ring substituents is 1. The van der Waals surface area contributed by atoms with Crippen LogP contribution in [0.2, 0.25) is 0 Å². The van der Waals surface area contributed by atoms with Crippen LogP contribution in [0.5, 0.6) is 0 Å². The van der Waals surface area contributed by atoms with E-state index in [0.717, 1.165) is 27.8 Å². The van der Waals surface area contributed by atoms with Gasteiger partial charge in [0.05, 0.1) is 27.6 Å². The van der Waals surface area contributed by atoms with Crippen LogP contribution < -0.4 is 10.6 Å². The number of nitro groups is 1. The van der Waals surface area contributed by atoms with E-state index in [0.29, 0.717) is 17.2 Å². The quantitative estimate of drug-likeness (QED) is 0.337. The zero-order chi connectivity index (χ0) is 23.1. The Labute approximate surface area is 189 Å². The van der Waals surface area contributed by atoms with Gasteiger partial charge < -0.3 is 10.6 Å². The highest BCUT2D eigenvalue weighted by Crippen LogP contribution is 2.40. The number of anilines is 2. The van der Waals surface area contributed by atoms with Gasteiger partial charge in [0.2, 0.25) is 5.95 Å². The Balaban J connectivity index is 1.67. The van der Waals surface area contributed by atoms with E-state index >= 15 is 0 Å². The number of nitrogens with zero attached hydrogens (tertiary/aromatic N) is 3. The molecule has 3 aromatic carbocycles. The van der Waals surface area contributed by atoms with Crippen LogP contribution >= 0.6 is 0 Å². The monoisotopic (exact) mass is 439 g/mol. The van der Waals surface area contributed by atoms with E-state index in [4.69, 9.17) is 4.98 Å². The van der Waals surface area contributed by atoms with E-state index in [9.17, 15) is 14.9 Å². The number of hydrogen-bond donors (Lipinski definition) is 2. The highest BCUT2D eigenvalue weighted by Gasteiger charge is 2.34. The smallest absolute Gasteiger partial charge is 0.269 e. The number of benzene rings is 3. The van der Waals surface area contributed by atoms with Crippen molar-refractivity contribution in [3.05, 3.63) is 105 Å². The number of aryl methyl sites for hydroxylation is 1. The highest BCUT2D eigenvalue weighted by atomic mass is 16.6. The molecule has 0 radical (unpaired) electrons. The standard InChI is InChI=1S/C25H21N5O3/c1-15-7-3-4-8-19(15)27-24(31)22-16(2)26-25-28-20-9-5-6-10-21(20)29(25)23(22)17-11-13-18(14-12-17)30(32)33/h3-14,23H,1-2H3,(H,26,28)(H,27,31)/t23-/m0/s1. The SMILES string of the molecule is CC1=C(C(=O)Nc2ccccc2C)[C@H](c2ccc([N+](=O)[O-])cc2)n2c(nc3ccccc32)N1. The number of hydrogen-bond acceptors (Lipinski definition) is 5. The second-order valence-electron chi connectivity index (χ2n) is 7.98. The van der Waals surface area contributed by atoms with E-state index in [1.165, 1.54) is 12.1 Å². The third kappa shape index (κ3) is 3.51. The second kappa shape index (κ2) is 7.90. The van der Waals surface area contributed by atoms with Crippen LogP contribution in [-0.2, 0) is 4.79 Å². The molecule has 2 N–H and O–H groups in total. The predicted molar refractivity (Wildman–Crippen MR) is 127 cm³/mol. The molecule has 2 heterocycles. The first-order valence-corrected chi connectivity index (χ1v) is 10.5. The summed E-state index contributed by atoms with van der Waals surface area (Å²) in [6.45, 7) is 3.78. The molecule has 0 saturated heterocycles. The number of para-hydroxylation sites is 3. The van der Waals surface area contributed by atoms with Crippen molar-refractivity contribution in [2.24, 2.45) is 0 Å². The summed E-state index contributed by atoms with van der Waals surface area (Å²) in [5.41, 5.74) is 5.27. The van der Waals surface area contributed by atoms with Crippen LogP contribution in [0.4, 0.5) is 17.3 Å². The van der Waals surface area contributed by atoms with E-state index in [1.54, 1.807) is 12.1 Å². The predicted octanol–water partition coefficient (Wildman–Crippen LogP) is 5.18. The van der Waals surface area contributed by atoms with Crippen molar-refractivity contribution >= 4 is 34.3 Å². The molecule has 1 amide bonds. The Morgan fingerprint density at radius 2 is 1.73 bits per heavy atom. The maximum atomic E-state index is 13.6. The number of nitrogens with one attached hydrogen (secondary N) is 2. The van der Waals surface area contributed by atoms with Crippen LogP contribution in [0.15, 0.2) is 84.1 Å². The number of allylic oxidation sites excluding steroid dienone is 1. The lowest BCUT2D eigenvalue weighted by atomic mass is 9.94. The minimum Gasteiger partial charge on any atom is -0.329 e. The molecule has 5 rings (SSSR count). The lowest BCUT2D eigenvalue weighted by Crippen LogP contribution is -2.31.